The lowest BCUT2D eigenvalue weighted by Crippen LogP contribution is -2.57. The van der Waals surface area contributed by atoms with Crippen LogP contribution in [0.2, 0.25) is 0 Å². The lowest BCUT2D eigenvalue weighted by molar-refractivity contribution is 0.0857. The number of carbonyl (C=O) groups excluding carboxylic acids is 1. The Bertz CT molecular complexity index is 1170. The van der Waals surface area contributed by atoms with Gasteiger partial charge in [-0.2, -0.15) is 0 Å². The Hall–Kier alpha value is -3.64. The van der Waals surface area contributed by atoms with E-state index in [9.17, 15) is 4.79 Å². The number of likely N-dealkylation sites (tertiary alicyclic amines) is 1. The number of hydrogen-bond donors (Lipinski definition) is 3. The van der Waals surface area contributed by atoms with Gasteiger partial charge < -0.3 is 25.7 Å². The molecule has 3 N–H and O–H groups in total. The molecule has 1 aliphatic rings. The zero-order valence-corrected chi connectivity index (χ0v) is 19.3. The van der Waals surface area contributed by atoms with Gasteiger partial charge in [0.1, 0.15) is 11.5 Å². The summed E-state index contributed by atoms with van der Waals surface area (Å²) >= 11 is 0. The highest BCUT2D eigenvalue weighted by Gasteiger charge is 2.25. The van der Waals surface area contributed by atoms with E-state index in [1.807, 2.05) is 61.6 Å². The Morgan fingerprint density at radius 3 is 2.55 bits per heavy atom. The van der Waals surface area contributed by atoms with Gasteiger partial charge in [-0.05, 0) is 60.5 Å². The molecule has 3 aromatic carbocycles. The molecule has 0 unspecified atom stereocenters. The third kappa shape index (κ3) is 5.07. The van der Waals surface area contributed by atoms with Crippen molar-refractivity contribution in [3.8, 4) is 22.6 Å². The molecule has 170 valence electrons. The third-order valence-corrected chi connectivity index (χ3v) is 5.98. The van der Waals surface area contributed by atoms with Crippen molar-refractivity contribution in [1.82, 2.24) is 10.2 Å². The summed E-state index contributed by atoms with van der Waals surface area (Å²) < 4.78 is 6.09. The number of nitrogens with zero attached hydrogens (tertiary/aromatic N) is 1. The molecule has 33 heavy (non-hydrogen) atoms. The van der Waals surface area contributed by atoms with Crippen LogP contribution in [0.3, 0.4) is 0 Å². The molecule has 4 rings (SSSR count). The smallest absolute Gasteiger partial charge is 0.251 e. The molecule has 1 fully saturated rings. The molecule has 6 nitrogen and oxygen atoms in total. The fourth-order valence-electron chi connectivity index (χ4n) is 4.16. The maximum Gasteiger partial charge on any atom is 0.251 e. The van der Waals surface area contributed by atoms with Gasteiger partial charge in [0.2, 0.25) is 0 Å². The summed E-state index contributed by atoms with van der Waals surface area (Å²) in [6.07, 6.45) is 2.10. The molecule has 6 heteroatoms. The van der Waals surface area contributed by atoms with Gasteiger partial charge in [0.25, 0.3) is 5.91 Å². The summed E-state index contributed by atoms with van der Waals surface area (Å²) in [5.41, 5.74) is 5.50. The second-order valence-electron chi connectivity index (χ2n) is 8.39. The Morgan fingerprint density at radius 2 is 1.85 bits per heavy atom. The van der Waals surface area contributed by atoms with Crippen LogP contribution in [0.1, 0.15) is 28.4 Å². The highest BCUT2D eigenvalue weighted by Crippen LogP contribution is 2.30. The molecule has 1 saturated heterocycles. The number of benzene rings is 3. The summed E-state index contributed by atoms with van der Waals surface area (Å²) in [6, 6.07) is 19.8. The van der Waals surface area contributed by atoms with Crippen LogP contribution in [0.4, 0.5) is 5.69 Å². The van der Waals surface area contributed by atoms with Crippen LogP contribution in [0.5, 0.6) is 11.5 Å². The first kappa shape index (κ1) is 22.6. The molecule has 0 aliphatic carbocycles. The van der Waals surface area contributed by atoms with Crippen molar-refractivity contribution in [3.05, 3.63) is 77.4 Å². The maximum atomic E-state index is 12.8. The Balaban J connectivity index is 1.54. The lowest BCUT2D eigenvalue weighted by atomic mass is 9.96. The van der Waals surface area contributed by atoms with Gasteiger partial charge in [-0.25, -0.2) is 0 Å². The van der Waals surface area contributed by atoms with Crippen molar-refractivity contribution >= 4 is 17.8 Å². The highest BCUT2D eigenvalue weighted by molar-refractivity contribution is 5.96. The number of carbonyl (C=O) groups is 1. The van der Waals surface area contributed by atoms with Crippen LogP contribution in [-0.2, 0) is 6.42 Å². The van der Waals surface area contributed by atoms with Gasteiger partial charge >= 0.3 is 0 Å². The number of amides is 1. The SMILES string of the molecule is CCc1cc(-c2cccc(Oc3ccc(C=N)c(NC)c3)c2)ccc1C(=O)NC1CN(C)C1. The number of ether oxygens (including phenoxy) is 1. The van der Waals surface area contributed by atoms with E-state index >= 15 is 0 Å². The molecular formula is C27H30N4O2. The Kier molecular flexibility index (Phi) is 6.75. The van der Waals surface area contributed by atoms with E-state index in [2.05, 4.69) is 35.6 Å². The van der Waals surface area contributed by atoms with E-state index in [1.165, 1.54) is 6.21 Å². The second kappa shape index (κ2) is 9.88. The van der Waals surface area contributed by atoms with Crippen molar-refractivity contribution in [2.45, 2.75) is 19.4 Å². The standard InChI is InChI=1S/C27H30N4O2/c1-4-18-12-20(9-11-25(18)27(32)30-22-16-31(3)17-22)19-6-5-7-23(13-19)33-24-10-8-21(15-28)26(14-24)29-2/h5-15,22,28-29H,4,16-17H2,1-3H3,(H,30,32). The van der Waals surface area contributed by atoms with Gasteiger partial charge in [-0.1, -0.05) is 31.2 Å². The van der Waals surface area contributed by atoms with Gasteiger partial charge in [0.05, 0.1) is 6.04 Å². The molecule has 0 bridgehead atoms. The normalized spacial score (nSPS) is 13.8. The average Bonchev–Trinajstić information content (AvgIpc) is 2.82. The number of nitrogens with one attached hydrogen (secondary N) is 3. The van der Waals surface area contributed by atoms with E-state index in [0.717, 1.165) is 58.8 Å². The summed E-state index contributed by atoms with van der Waals surface area (Å²) in [4.78, 5) is 15.0. The topological polar surface area (TPSA) is 77.4 Å². The number of anilines is 1. The monoisotopic (exact) mass is 442 g/mol. The Morgan fingerprint density at radius 1 is 1.09 bits per heavy atom. The van der Waals surface area contributed by atoms with Crippen LogP contribution >= 0.6 is 0 Å². The van der Waals surface area contributed by atoms with E-state index < -0.39 is 0 Å². The average molecular weight is 443 g/mol. The number of hydrogen-bond acceptors (Lipinski definition) is 5. The largest absolute Gasteiger partial charge is 0.457 e. The fraction of sp³-hybridized carbons (Fsp3) is 0.259. The quantitative estimate of drug-likeness (QED) is 0.438. The van der Waals surface area contributed by atoms with Crippen LogP contribution in [-0.4, -0.2) is 50.2 Å². The van der Waals surface area contributed by atoms with E-state index in [1.54, 1.807) is 0 Å². The third-order valence-electron chi connectivity index (χ3n) is 5.98. The van der Waals surface area contributed by atoms with Gasteiger partial charge in [-0.15, -0.1) is 0 Å². The van der Waals surface area contributed by atoms with Crippen molar-refractivity contribution in [3.63, 3.8) is 0 Å². The first-order valence-electron chi connectivity index (χ1n) is 11.2. The summed E-state index contributed by atoms with van der Waals surface area (Å²) in [7, 11) is 3.88. The predicted molar refractivity (Wildman–Crippen MR) is 134 cm³/mol. The summed E-state index contributed by atoms with van der Waals surface area (Å²) in [5, 5.41) is 13.7. The van der Waals surface area contributed by atoms with Gasteiger partial charge in [-0.3, -0.25) is 4.79 Å². The fourth-order valence-corrected chi connectivity index (χ4v) is 4.16. The molecule has 0 atom stereocenters. The summed E-state index contributed by atoms with van der Waals surface area (Å²) in [5.74, 6) is 1.43. The molecule has 0 radical (unpaired) electrons. The van der Waals surface area contributed by atoms with E-state index in [0.29, 0.717) is 5.75 Å². The van der Waals surface area contributed by atoms with Gasteiger partial charge in [0, 0.05) is 49.2 Å². The van der Waals surface area contributed by atoms with Crippen molar-refractivity contribution in [2.24, 2.45) is 0 Å². The molecule has 1 amide bonds. The van der Waals surface area contributed by atoms with Crippen molar-refractivity contribution in [2.75, 3.05) is 32.5 Å². The number of rotatable bonds is 8. The van der Waals surface area contributed by atoms with Crippen LogP contribution in [0.25, 0.3) is 11.1 Å². The molecule has 1 heterocycles. The van der Waals surface area contributed by atoms with Gasteiger partial charge in [0.15, 0.2) is 0 Å². The Labute approximate surface area is 195 Å². The predicted octanol–water partition coefficient (Wildman–Crippen LogP) is 4.79. The molecule has 0 spiro atoms. The van der Waals surface area contributed by atoms with Crippen LogP contribution in [0, 0.1) is 5.41 Å². The van der Waals surface area contributed by atoms with Crippen LogP contribution in [0.15, 0.2) is 60.7 Å². The number of likely N-dealkylation sites (N-methyl/N-ethyl adjacent to an activating group) is 1. The minimum absolute atomic E-state index is 0.00212. The molecule has 0 saturated carbocycles. The van der Waals surface area contributed by atoms with Crippen LogP contribution < -0.4 is 15.4 Å². The second-order valence-corrected chi connectivity index (χ2v) is 8.39. The van der Waals surface area contributed by atoms with E-state index in [-0.39, 0.29) is 11.9 Å². The van der Waals surface area contributed by atoms with Crippen molar-refractivity contribution in [1.29, 1.82) is 5.41 Å². The highest BCUT2D eigenvalue weighted by atomic mass is 16.5. The number of aryl methyl sites for hydroxylation is 1. The molecule has 1 aliphatic heterocycles. The molecular weight excluding hydrogens is 412 g/mol. The maximum absolute atomic E-state index is 12.8. The minimum atomic E-state index is 0.00212. The summed E-state index contributed by atoms with van der Waals surface area (Å²) in [6.45, 7) is 3.87. The first-order chi connectivity index (χ1) is 16.0. The zero-order chi connectivity index (χ0) is 23.4. The lowest BCUT2D eigenvalue weighted by Gasteiger charge is -2.36. The molecule has 0 aromatic heterocycles. The zero-order valence-electron chi connectivity index (χ0n) is 19.3. The first-order valence-corrected chi connectivity index (χ1v) is 11.2. The molecule has 3 aromatic rings. The van der Waals surface area contributed by atoms with Crippen molar-refractivity contribution < 1.29 is 9.53 Å². The minimum Gasteiger partial charge on any atom is -0.457 e. The van der Waals surface area contributed by atoms with E-state index in [4.69, 9.17) is 10.1 Å².